The molecule has 0 saturated heterocycles. The highest BCUT2D eigenvalue weighted by Gasteiger charge is 2.06. The fourth-order valence-corrected chi connectivity index (χ4v) is 1.76. The Labute approximate surface area is 115 Å². The van der Waals surface area contributed by atoms with E-state index in [0.29, 0.717) is 13.2 Å². The largest absolute Gasteiger partial charge is 0.494 e. The van der Waals surface area contributed by atoms with Crippen LogP contribution in [0.3, 0.4) is 0 Å². The molecule has 0 heterocycles. The maximum absolute atomic E-state index is 11.4. The normalized spacial score (nSPS) is 10.3. The van der Waals surface area contributed by atoms with E-state index < -0.39 is 0 Å². The van der Waals surface area contributed by atoms with Gasteiger partial charge in [0.15, 0.2) is 0 Å². The minimum absolute atomic E-state index is 0.0320. The SMILES string of the molecule is CCc1cccc(OCCCN(C)C(=O)CCO)c1. The summed E-state index contributed by atoms with van der Waals surface area (Å²) in [5, 5.41) is 8.68. The molecule has 0 aliphatic carbocycles. The van der Waals surface area contributed by atoms with E-state index in [1.807, 2.05) is 18.2 Å². The molecule has 19 heavy (non-hydrogen) atoms. The number of benzene rings is 1. The summed E-state index contributed by atoms with van der Waals surface area (Å²) in [7, 11) is 1.75. The van der Waals surface area contributed by atoms with Gasteiger partial charge in [-0.1, -0.05) is 19.1 Å². The molecule has 0 radical (unpaired) electrons. The van der Waals surface area contributed by atoms with Gasteiger partial charge >= 0.3 is 0 Å². The topological polar surface area (TPSA) is 49.8 Å². The van der Waals surface area contributed by atoms with Crippen LogP contribution in [0.2, 0.25) is 0 Å². The zero-order valence-electron chi connectivity index (χ0n) is 11.8. The predicted molar refractivity (Wildman–Crippen MR) is 75.3 cm³/mol. The predicted octanol–water partition coefficient (Wildman–Crippen LogP) is 1.86. The summed E-state index contributed by atoms with van der Waals surface area (Å²) in [6.45, 7) is 3.25. The number of carbonyl (C=O) groups excluding carboxylic acids is 1. The summed E-state index contributed by atoms with van der Waals surface area (Å²) in [4.78, 5) is 13.0. The fraction of sp³-hybridized carbons (Fsp3) is 0.533. The third-order valence-electron chi connectivity index (χ3n) is 2.96. The van der Waals surface area contributed by atoms with Crippen LogP contribution in [-0.2, 0) is 11.2 Å². The first-order valence-electron chi connectivity index (χ1n) is 6.74. The van der Waals surface area contributed by atoms with Gasteiger partial charge in [-0.25, -0.2) is 0 Å². The molecule has 0 fully saturated rings. The van der Waals surface area contributed by atoms with E-state index in [1.165, 1.54) is 5.56 Å². The summed E-state index contributed by atoms with van der Waals surface area (Å²) < 4.78 is 5.65. The molecule has 0 saturated carbocycles. The van der Waals surface area contributed by atoms with Crippen molar-refractivity contribution in [1.82, 2.24) is 4.90 Å². The molecule has 0 bridgehead atoms. The van der Waals surface area contributed by atoms with E-state index in [9.17, 15) is 4.79 Å². The van der Waals surface area contributed by atoms with Gasteiger partial charge in [-0.2, -0.15) is 0 Å². The molecule has 0 spiro atoms. The number of carbonyl (C=O) groups is 1. The Hall–Kier alpha value is -1.55. The van der Waals surface area contributed by atoms with Gasteiger partial charge in [0.2, 0.25) is 5.91 Å². The van der Waals surface area contributed by atoms with Crippen molar-refractivity contribution in [3.05, 3.63) is 29.8 Å². The van der Waals surface area contributed by atoms with Crippen molar-refractivity contribution in [3.63, 3.8) is 0 Å². The number of hydrogen-bond acceptors (Lipinski definition) is 3. The van der Waals surface area contributed by atoms with Gasteiger partial charge in [-0.05, 0) is 30.5 Å². The monoisotopic (exact) mass is 265 g/mol. The van der Waals surface area contributed by atoms with Crippen molar-refractivity contribution >= 4 is 5.91 Å². The number of amides is 1. The summed E-state index contributed by atoms with van der Waals surface area (Å²) in [5.41, 5.74) is 1.26. The van der Waals surface area contributed by atoms with Crippen LogP contribution in [0.15, 0.2) is 24.3 Å². The average molecular weight is 265 g/mol. The zero-order valence-corrected chi connectivity index (χ0v) is 11.8. The zero-order chi connectivity index (χ0) is 14.1. The van der Waals surface area contributed by atoms with E-state index in [-0.39, 0.29) is 18.9 Å². The van der Waals surface area contributed by atoms with Crippen LogP contribution >= 0.6 is 0 Å². The second-order valence-corrected chi connectivity index (χ2v) is 4.49. The average Bonchev–Trinajstić information content (AvgIpc) is 2.43. The number of ether oxygens (including phenoxy) is 1. The Bertz CT molecular complexity index is 393. The number of rotatable bonds is 8. The second-order valence-electron chi connectivity index (χ2n) is 4.49. The summed E-state index contributed by atoms with van der Waals surface area (Å²) in [6.07, 6.45) is 1.97. The minimum atomic E-state index is -0.0938. The maximum Gasteiger partial charge on any atom is 0.224 e. The van der Waals surface area contributed by atoms with Crippen LogP contribution in [0, 0.1) is 0 Å². The highest BCUT2D eigenvalue weighted by Crippen LogP contribution is 2.13. The van der Waals surface area contributed by atoms with Crippen LogP contribution in [0.25, 0.3) is 0 Å². The molecule has 1 N–H and O–H groups in total. The van der Waals surface area contributed by atoms with Crippen LogP contribution < -0.4 is 4.74 Å². The second kappa shape index (κ2) is 8.53. The highest BCUT2D eigenvalue weighted by atomic mass is 16.5. The molecule has 4 heteroatoms. The third kappa shape index (κ3) is 5.75. The molecule has 0 aliphatic rings. The van der Waals surface area contributed by atoms with Crippen LogP contribution in [0.5, 0.6) is 5.75 Å². The Kier molecular flexibility index (Phi) is 6.97. The lowest BCUT2D eigenvalue weighted by atomic mass is 10.2. The standard InChI is InChI=1S/C15H23NO3/c1-3-13-6-4-7-14(12-13)19-11-5-9-16(2)15(18)8-10-17/h4,6-7,12,17H,3,5,8-11H2,1-2H3. The Morgan fingerprint density at radius 3 is 2.89 bits per heavy atom. The lowest BCUT2D eigenvalue weighted by molar-refractivity contribution is -0.130. The van der Waals surface area contributed by atoms with Gasteiger partial charge in [-0.15, -0.1) is 0 Å². The number of aliphatic hydroxyl groups is 1. The van der Waals surface area contributed by atoms with Gasteiger partial charge in [0.1, 0.15) is 5.75 Å². The van der Waals surface area contributed by atoms with Gasteiger partial charge < -0.3 is 14.7 Å². The van der Waals surface area contributed by atoms with Gasteiger partial charge in [0.25, 0.3) is 0 Å². The molecule has 0 unspecified atom stereocenters. The number of aliphatic hydroxyl groups excluding tert-OH is 1. The smallest absolute Gasteiger partial charge is 0.224 e. The Morgan fingerprint density at radius 1 is 1.42 bits per heavy atom. The molecule has 0 atom stereocenters. The van der Waals surface area contributed by atoms with Gasteiger partial charge in [0, 0.05) is 20.0 Å². The highest BCUT2D eigenvalue weighted by molar-refractivity contribution is 5.75. The Balaban J connectivity index is 2.25. The molecular weight excluding hydrogens is 242 g/mol. The molecule has 1 aromatic carbocycles. The van der Waals surface area contributed by atoms with Gasteiger partial charge in [0.05, 0.1) is 13.2 Å². The first-order chi connectivity index (χ1) is 9.17. The fourth-order valence-electron chi connectivity index (χ4n) is 1.76. The quantitative estimate of drug-likeness (QED) is 0.730. The lowest BCUT2D eigenvalue weighted by Gasteiger charge is -2.16. The molecule has 0 aliphatic heterocycles. The molecule has 1 aromatic rings. The molecule has 4 nitrogen and oxygen atoms in total. The molecule has 106 valence electrons. The van der Waals surface area contributed by atoms with E-state index in [0.717, 1.165) is 18.6 Å². The summed E-state index contributed by atoms with van der Waals surface area (Å²) in [5.74, 6) is 0.846. The molecule has 0 aromatic heterocycles. The van der Waals surface area contributed by atoms with Crippen molar-refractivity contribution in [3.8, 4) is 5.75 Å². The first-order valence-corrected chi connectivity index (χ1v) is 6.74. The van der Waals surface area contributed by atoms with Crippen molar-refractivity contribution in [2.24, 2.45) is 0 Å². The lowest BCUT2D eigenvalue weighted by Crippen LogP contribution is -2.29. The van der Waals surface area contributed by atoms with E-state index in [4.69, 9.17) is 9.84 Å². The van der Waals surface area contributed by atoms with Crippen LogP contribution in [0.4, 0.5) is 0 Å². The minimum Gasteiger partial charge on any atom is -0.494 e. The van der Waals surface area contributed by atoms with E-state index in [1.54, 1.807) is 11.9 Å². The van der Waals surface area contributed by atoms with Crippen molar-refractivity contribution < 1.29 is 14.6 Å². The number of aryl methyl sites for hydroxylation is 1. The molecular formula is C15H23NO3. The summed E-state index contributed by atoms with van der Waals surface area (Å²) in [6, 6.07) is 8.06. The maximum atomic E-state index is 11.4. The van der Waals surface area contributed by atoms with E-state index >= 15 is 0 Å². The number of hydrogen-bond donors (Lipinski definition) is 1. The number of nitrogens with zero attached hydrogens (tertiary/aromatic N) is 1. The van der Waals surface area contributed by atoms with E-state index in [2.05, 4.69) is 13.0 Å². The van der Waals surface area contributed by atoms with Crippen LogP contribution in [0.1, 0.15) is 25.3 Å². The first kappa shape index (κ1) is 15.5. The van der Waals surface area contributed by atoms with Crippen molar-refractivity contribution in [1.29, 1.82) is 0 Å². The van der Waals surface area contributed by atoms with Crippen molar-refractivity contribution in [2.45, 2.75) is 26.2 Å². The summed E-state index contributed by atoms with van der Waals surface area (Å²) >= 11 is 0. The van der Waals surface area contributed by atoms with Gasteiger partial charge in [-0.3, -0.25) is 4.79 Å². The van der Waals surface area contributed by atoms with Crippen LogP contribution in [-0.4, -0.2) is 42.7 Å². The Morgan fingerprint density at radius 2 is 2.21 bits per heavy atom. The molecule has 1 amide bonds. The third-order valence-corrected chi connectivity index (χ3v) is 2.96. The molecule has 1 rings (SSSR count). The van der Waals surface area contributed by atoms with Crippen molar-refractivity contribution in [2.75, 3.05) is 26.8 Å².